The molecule has 5 heteroatoms. The van der Waals surface area contributed by atoms with Crippen LogP contribution in [0.4, 0.5) is 10.5 Å². The number of nitrogens with one attached hydrogen (secondary N) is 2. The second-order valence-corrected chi connectivity index (χ2v) is 5.72. The third-order valence-electron chi connectivity index (χ3n) is 3.50. The molecule has 0 radical (unpaired) electrons. The zero-order valence-electron chi connectivity index (χ0n) is 13.4. The molecule has 2 amide bonds. The normalized spacial score (nSPS) is 10.1. The average molecular weight is 353 g/mol. The Labute approximate surface area is 151 Å². The highest BCUT2D eigenvalue weighted by Crippen LogP contribution is 2.29. The molecular formula is C20H17ClN2O2. The van der Waals surface area contributed by atoms with E-state index in [4.69, 9.17) is 16.3 Å². The van der Waals surface area contributed by atoms with E-state index in [0.717, 1.165) is 5.56 Å². The van der Waals surface area contributed by atoms with Gasteiger partial charge >= 0.3 is 6.03 Å². The number of para-hydroxylation sites is 3. The maximum Gasteiger partial charge on any atom is 0.319 e. The predicted molar refractivity (Wildman–Crippen MR) is 100 cm³/mol. The molecule has 3 rings (SSSR count). The Morgan fingerprint density at radius 3 is 2.36 bits per heavy atom. The van der Waals surface area contributed by atoms with Gasteiger partial charge in [0.2, 0.25) is 0 Å². The largest absolute Gasteiger partial charge is 0.455 e. The molecule has 4 nitrogen and oxygen atoms in total. The van der Waals surface area contributed by atoms with Crippen LogP contribution in [0.25, 0.3) is 0 Å². The van der Waals surface area contributed by atoms with Crippen molar-refractivity contribution in [1.29, 1.82) is 0 Å². The predicted octanol–water partition coefficient (Wildman–Crippen LogP) is 5.45. The summed E-state index contributed by atoms with van der Waals surface area (Å²) >= 11 is 6.09. The van der Waals surface area contributed by atoms with Crippen LogP contribution in [-0.4, -0.2) is 6.03 Å². The highest BCUT2D eigenvalue weighted by Gasteiger charge is 2.08. The summed E-state index contributed by atoms with van der Waals surface area (Å²) < 4.78 is 5.83. The molecule has 25 heavy (non-hydrogen) atoms. The van der Waals surface area contributed by atoms with Crippen molar-refractivity contribution < 1.29 is 9.53 Å². The van der Waals surface area contributed by atoms with Crippen LogP contribution >= 0.6 is 11.6 Å². The minimum absolute atomic E-state index is 0.330. The van der Waals surface area contributed by atoms with Gasteiger partial charge in [-0.15, -0.1) is 0 Å². The van der Waals surface area contributed by atoms with Crippen molar-refractivity contribution in [3.05, 3.63) is 89.4 Å². The van der Waals surface area contributed by atoms with Crippen molar-refractivity contribution in [3.63, 3.8) is 0 Å². The first-order valence-electron chi connectivity index (χ1n) is 7.82. The van der Waals surface area contributed by atoms with Gasteiger partial charge in [0, 0.05) is 11.6 Å². The third kappa shape index (κ3) is 4.75. The number of carbonyl (C=O) groups is 1. The zero-order valence-corrected chi connectivity index (χ0v) is 14.2. The Kier molecular flexibility index (Phi) is 5.54. The molecule has 0 aliphatic carbocycles. The number of carbonyl (C=O) groups excluding carboxylic acids is 1. The molecule has 3 aromatic rings. The van der Waals surface area contributed by atoms with E-state index >= 15 is 0 Å². The van der Waals surface area contributed by atoms with Gasteiger partial charge in [-0.1, -0.05) is 60.1 Å². The lowest BCUT2D eigenvalue weighted by molar-refractivity contribution is 0.251. The van der Waals surface area contributed by atoms with Crippen molar-refractivity contribution in [1.82, 2.24) is 5.32 Å². The van der Waals surface area contributed by atoms with Gasteiger partial charge in [0.1, 0.15) is 5.75 Å². The zero-order chi connectivity index (χ0) is 17.5. The maximum absolute atomic E-state index is 12.2. The van der Waals surface area contributed by atoms with Crippen molar-refractivity contribution in [2.75, 3.05) is 5.32 Å². The number of ether oxygens (including phenoxy) is 1. The van der Waals surface area contributed by atoms with E-state index < -0.39 is 0 Å². The van der Waals surface area contributed by atoms with Gasteiger partial charge in [-0.05, 0) is 35.9 Å². The first-order valence-corrected chi connectivity index (χ1v) is 8.20. The van der Waals surface area contributed by atoms with Gasteiger partial charge in [-0.2, -0.15) is 0 Å². The molecule has 0 heterocycles. The van der Waals surface area contributed by atoms with Gasteiger partial charge < -0.3 is 15.4 Å². The lowest BCUT2D eigenvalue weighted by Crippen LogP contribution is -2.28. The molecule has 0 spiro atoms. The first kappa shape index (κ1) is 16.9. The third-order valence-corrected chi connectivity index (χ3v) is 3.87. The lowest BCUT2D eigenvalue weighted by atomic mass is 10.2. The second kappa shape index (κ2) is 8.22. The molecule has 126 valence electrons. The van der Waals surface area contributed by atoms with Crippen LogP contribution in [0, 0.1) is 0 Å². The molecule has 0 atom stereocenters. The summed E-state index contributed by atoms with van der Waals surface area (Å²) in [6, 6.07) is 23.7. The Balaban J connectivity index is 1.64. The van der Waals surface area contributed by atoms with Gasteiger partial charge in [-0.3, -0.25) is 0 Å². The van der Waals surface area contributed by atoms with E-state index in [1.54, 1.807) is 18.2 Å². The topological polar surface area (TPSA) is 50.4 Å². The standard InChI is InChI=1S/C20H17ClN2O2/c21-17-11-5-4-8-15(17)14-22-20(24)23-18-12-6-7-13-19(18)25-16-9-2-1-3-10-16/h1-13H,14H2,(H2,22,23,24). The van der Waals surface area contributed by atoms with E-state index in [2.05, 4.69) is 10.6 Å². The maximum atomic E-state index is 12.2. The molecular weight excluding hydrogens is 336 g/mol. The van der Waals surface area contributed by atoms with Crippen molar-refractivity contribution in [2.45, 2.75) is 6.54 Å². The smallest absolute Gasteiger partial charge is 0.319 e. The minimum Gasteiger partial charge on any atom is -0.455 e. The first-order chi connectivity index (χ1) is 12.2. The fraction of sp³-hybridized carbons (Fsp3) is 0.0500. The van der Waals surface area contributed by atoms with Gasteiger partial charge in [0.25, 0.3) is 0 Å². The van der Waals surface area contributed by atoms with Crippen LogP contribution in [0.1, 0.15) is 5.56 Å². The quantitative estimate of drug-likeness (QED) is 0.641. The SMILES string of the molecule is O=C(NCc1ccccc1Cl)Nc1ccccc1Oc1ccccc1. The van der Waals surface area contributed by atoms with Crippen molar-refractivity contribution in [2.24, 2.45) is 0 Å². The summed E-state index contributed by atoms with van der Waals surface area (Å²) in [7, 11) is 0. The molecule has 0 bridgehead atoms. The Morgan fingerprint density at radius 1 is 0.880 bits per heavy atom. The average Bonchev–Trinajstić information content (AvgIpc) is 2.64. The Bertz CT molecular complexity index is 853. The molecule has 3 aromatic carbocycles. The summed E-state index contributed by atoms with van der Waals surface area (Å²) in [5, 5.41) is 6.21. The molecule has 0 saturated heterocycles. The fourth-order valence-electron chi connectivity index (χ4n) is 2.26. The summed E-state index contributed by atoms with van der Waals surface area (Å²) in [5.74, 6) is 1.27. The fourth-order valence-corrected chi connectivity index (χ4v) is 2.46. The van der Waals surface area contributed by atoms with Gasteiger partial charge in [-0.25, -0.2) is 4.79 Å². The van der Waals surface area contributed by atoms with Crippen molar-refractivity contribution in [3.8, 4) is 11.5 Å². The number of anilines is 1. The number of amides is 2. The molecule has 0 aliphatic heterocycles. The summed E-state index contributed by atoms with van der Waals surface area (Å²) in [6.45, 7) is 0.340. The number of benzene rings is 3. The van der Waals surface area contributed by atoms with Gasteiger partial charge in [0.05, 0.1) is 5.69 Å². The number of halogens is 1. The number of rotatable bonds is 5. The monoisotopic (exact) mass is 352 g/mol. The highest BCUT2D eigenvalue weighted by atomic mass is 35.5. The number of hydrogen-bond donors (Lipinski definition) is 2. The van der Waals surface area contributed by atoms with Crippen LogP contribution in [0.3, 0.4) is 0 Å². The Morgan fingerprint density at radius 2 is 1.56 bits per heavy atom. The van der Waals surface area contributed by atoms with E-state index in [9.17, 15) is 4.79 Å². The highest BCUT2D eigenvalue weighted by molar-refractivity contribution is 6.31. The number of hydrogen-bond acceptors (Lipinski definition) is 2. The molecule has 0 aromatic heterocycles. The molecule has 2 N–H and O–H groups in total. The van der Waals surface area contributed by atoms with Crippen molar-refractivity contribution >= 4 is 23.3 Å². The van der Waals surface area contributed by atoms with E-state index in [0.29, 0.717) is 28.8 Å². The van der Waals surface area contributed by atoms with E-state index in [1.165, 1.54) is 0 Å². The summed E-state index contributed by atoms with van der Waals surface area (Å²) in [5.41, 5.74) is 1.44. The van der Waals surface area contributed by atoms with Gasteiger partial charge in [0.15, 0.2) is 5.75 Å². The Hall–Kier alpha value is -2.98. The van der Waals surface area contributed by atoms with Crippen LogP contribution in [0.5, 0.6) is 11.5 Å². The summed E-state index contributed by atoms with van der Waals surface area (Å²) in [4.78, 5) is 12.2. The molecule has 0 saturated carbocycles. The second-order valence-electron chi connectivity index (χ2n) is 5.31. The molecule has 0 unspecified atom stereocenters. The van der Waals surface area contributed by atoms with Crippen LogP contribution in [0.2, 0.25) is 5.02 Å². The van der Waals surface area contributed by atoms with Crippen LogP contribution in [0.15, 0.2) is 78.9 Å². The lowest BCUT2D eigenvalue weighted by Gasteiger charge is -2.13. The number of urea groups is 1. The molecule has 0 aliphatic rings. The molecule has 0 fully saturated rings. The summed E-state index contributed by atoms with van der Waals surface area (Å²) in [6.07, 6.45) is 0. The van der Waals surface area contributed by atoms with E-state index in [1.807, 2.05) is 60.7 Å². The minimum atomic E-state index is -0.330. The van der Waals surface area contributed by atoms with Crippen LogP contribution < -0.4 is 15.4 Å². The van der Waals surface area contributed by atoms with E-state index in [-0.39, 0.29) is 6.03 Å². The van der Waals surface area contributed by atoms with Crippen LogP contribution in [-0.2, 0) is 6.54 Å².